The third-order valence-corrected chi connectivity index (χ3v) is 2.04. The molecule has 0 unspecified atom stereocenters. The third-order valence-electron chi connectivity index (χ3n) is 2.04. The fraction of sp³-hybridized carbons (Fsp3) is 0.455. The zero-order chi connectivity index (χ0) is 12.7. The highest BCUT2D eigenvalue weighted by Crippen LogP contribution is 2.25. The second-order valence-electron chi connectivity index (χ2n) is 3.44. The van der Waals surface area contributed by atoms with E-state index in [0.717, 1.165) is 6.42 Å². The number of anilines is 1. The molecule has 0 saturated carbocycles. The van der Waals surface area contributed by atoms with E-state index < -0.39 is 4.92 Å². The smallest absolute Gasteiger partial charge is 0.271 e. The second-order valence-corrected chi connectivity index (χ2v) is 3.44. The van der Waals surface area contributed by atoms with Crippen molar-refractivity contribution in [3.63, 3.8) is 0 Å². The molecule has 0 radical (unpaired) electrons. The van der Waals surface area contributed by atoms with Crippen LogP contribution >= 0.6 is 0 Å². The molecule has 1 aromatic rings. The van der Waals surface area contributed by atoms with Crippen molar-refractivity contribution in [3.05, 3.63) is 28.3 Å². The summed E-state index contributed by atoms with van der Waals surface area (Å²) in [5, 5.41) is 10.5. The maximum atomic E-state index is 10.5. The van der Waals surface area contributed by atoms with E-state index in [1.165, 1.54) is 18.2 Å². The molecule has 0 aliphatic rings. The number of hydrogen-bond acceptors (Lipinski definition) is 5. The van der Waals surface area contributed by atoms with Gasteiger partial charge in [0.1, 0.15) is 12.4 Å². The van der Waals surface area contributed by atoms with Gasteiger partial charge in [-0.05, 0) is 12.5 Å². The van der Waals surface area contributed by atoms with Gasteiger partial charge < -0.3 is 15.2 Å². The van der Waals surface area contributed by atoms with Crippen LogP contribution in [0.25, 0.3) is 0 Å². The number of nitrogen functional groups attached to an aromatic ring is 1. The topological polar surface area (TPSA) is 87.6 Å². The van der Waals surface area contributed by atoms with Gasteiger partial charge >= 0.3 is 0 Å². The molecule has 6 nitrogen and oxygen atoms in total. The van der Waals surface area contributed by atoms with Crippen LogP contribution in [0.15, 0.2) is 18.2 Å². The molecule has 0 heterocycles. The molecule has 17 heavy (non-hydrogen) atoms. The van der Waals surface area contributed by atoms with E-state index in [0.29, 0.717) is 25.6 Å². The predicted octanol–water partition coefficient (Wildman–Crippen LogP) is 1.98. The van der Waals surface area contributed by atoms with Crippen LogP contribution in [0.3, 0.4) is 0 Å². The first-order valence-electron chi connectivity index (χ1n) is 5.39. The van der Waals surface area contributed by atoms with Gasteiger partial charge in [-0.2, -0.15) is 0 Å². The Labute approximate surface area is 99.5 Å². The molecule has 0 spiro atoms. The van der Waals surface area contributed by atoms with Crippen LogP contribution in [-0.2, 0) is 4.74 Å². The van der Waals surface area contributed by atoms with Crippen molar-refractivity contribution in [2.45, 2.75) is 13.3 Å². The highest BCUT2D eigenvalue weighted by Gasteiger charge is 2.09. The van der Waals surface area contributed by atoms with Gasteiger partial charge in [-0.1, -0.05) is 6.92 Å². The summed E-state index contributed by atoms with van der Waals surface area (Å²) in [6.07, 6.45) is 0.958. The maximum absolute atomic E-state index is 10.5. The molecule has 2 N–H and O–H groups in total. The molecule has 0 aromatic heterocycles. The van der Waals surface area contributed by atoms with Crippen molar-refractivity contribution in [1.82, 2.24) is 0 Å². The second kappa shape index (κ2) is 6.70. The van der Waals surface area contributed by atoms with Crippen LogP contribution in [0.5, 0.6) is 5.75 Å². The highest BCUT2D eigenvalue weighted by atomic mass is 16.6. The molecule has 0 aliphatic heterocycles. The maximum Gasteiger partial charge on any atom is 0.271 e. The van der Waals surface area contributed by atoms with Gasteiger partial charge in [0.15, 0.2) is 0 Å². The van der Waals surface area contributed by atoms with E-state index in [1.807, 2.05) is 6.92 Å². The largest absolute Gasteiger partial charge is 0.489 e. The number of non-ortho nitro benzene ring substituents is 1. The predicted molar refractivity (Wildman–Crippen MR) is 64.1 cm³/mol. The Morgan fingerprint density at radius 1 is 1.35 bits per heavy atom. The standard InChI is InChI=1S/C11H16N2O4/c1-2-5-16-6-7-17-11-4-3-9(13(14)15)8-10(11)12/h3-4,8H,2,5-7,12H2,1H3. The number of nitro benzene ring substituents is 1. The van der Waals surface area contributed by atoms with Crippen molar-refractivity contribution >= 4 is 11.4 Å². The fourth-order valence-electron chi connectivity index (χ4n) is 1.24. The normalized spacial score (nSPS) is 10.2. The van der Waals surface area contributed by atoms with Gasteiger partial charge in [0, 0.05) is 18.7 Å². The first kappa shape index (κ1) is 13.2. The van der Waals surface area contributed by atoms with Crippen LogP contribution in [0.4, 0.5) is 11.4 Å². The summed E-state index contributed by atoms with van der Waals surface area (Å²) in [7, 11) is 0. The summed E-state index contributed by atoms with van der Waals surface area (Å²) in [4.78, 5) is 9.99. The van der Waals surface area contributed by atoms with Gasteiger partial charge in [0.2, 0.25) is 0 Å². The van der Waals surface area contributed by atoms with E-state index in [4.69, 9.17) is 15.2 Å². The summed E-state index contributed by atoms with van der Waals surface area (Å²) in [5.41, 5.74) is 5.84. The Morgan fingerprint density at radius 3 is 2.71 bits per heavy atom. The number of nitro groups is 1. The molecule has 0 aliphatic carbocycles. The molecule has 1 aromatic carbocycles. The molecule has 0 fully saturated rings. The molecular formula is C11H16N2O4. The van der Waals surface area contributed by atoms with E-state index in [-0.39, 0.29) is 11.4 Å². The molecule has 0 bridgehead atoms. The zero-order valence-corrected chi connectivity index (χ0v) is 9.72. The molecular weight excluding hydrogens is 224 g/mol. The fourth-order valence-corrected chi connectivity index (χ4v) is 1.24. The minimum atomic E-state index is -0.496. The SMILES string of the molecule is CCCOCCOc1ccc([N+](=O)[O-])cc1N. The van der Waals surface area contributed by atoms with Crippen molar-refractivity contribution < 1.29 is 14.4 Å². The molecule has 6 heteroatoms. The van der Waals surface area contributed by atoms with Crippen LogP contribution in [0.1, 0.15) is 13.3 Å². The number of nitrogens with two attached hydrogens (primary N) is 1. The Morgan fingerprint density at radius 2 is 2.12 bits per heavy atom. The van der Waals surface area contributed by atoms with E-state index in [1.54, 1.807) is 0 Å². The molecule has 0 atom stereocenters. The number of benzene rings is 1. The Hall–Kier alpha value is -1.82. The van der Waals surface area contributed by atoms with Gasteiger partial charge in [-0.3, -0.25) is 10.1 Å². The van der Waals surface area contributed by atoms with E-state index in [2.05, 4.69) is 0 Å². The van der Waals surface area contributed by atoms with Gasteiger partial charge in [0.25, 0.3) is 5.69 Å². The minimum Gasteiger partial charge on any atom is -0.489 e. The summed E-state index contributed by atoms with van der Waals surface area (Å²) in [5.74, 6) is 0.440. The Balaban J connectivity index is 2.46. The number of rotatable bonds is 7. The molecule has 94 valence electrons. The van der Waals surface area contributed by atoms with Crippen molar-refractivity contribution in [1.29, 1.82) is 0 Å². The van der Waals surface area contributed by atoms with Gasteiger partial charge in [0.05, 0.1) is 17.2 Å². The molecule has 0 saturated heterocycles. The first-order chi connectivity index (χ1) is 8.15. The lowest BCUT2D eigenvalue weighted by molar-refractivity contribution is -0.384. The summed E-state index contributed by atoms with van der Waals surface area (Å²) in [6, 6.07) is 4.13. The van der Waals surface area contributed by atoms with Gasteiger partial charge in [-0.15, -0.1) is 0 Å². The number of ether oxygens (including phenoxy) is 2. The van der Waals surface area contributed by atoms with Crippen molar-refractivity contribution in [3.8, 4) is 5.75 Å². The number of hydrogen-bond donors (Lipinski definition) is 1. The quantitative estimate of drug-likeness (QED) is 0.341. The lowest BCUT2D eigenvalue weighted by Crippen LogP contribution is -2.08. The van der Waals surface area contributed by atoms with Crippen LogP contribution < -0.4 is 10.5 Å². The molecule has 0 amide bonds. The first-order valence-corrected chi connectivity index (χ1v) is 5.39. The minimum absolute atomic E-state index is 0.0444. The van der Waals surface area contributed by atoms with Gasteiger partial charge in [-0.25, -0.2) is 0 Å². The van der Waals surface area contributed by atoms with E-state index >= 15 is 0 Å². The Bertz CT molecular complexity index is 382. The molecule has 1 rings (SSSR count). The summed E-state index contributed by atoms with van der Waals surface area (Å²) >= 11 is 0. The average molecular weight is 240 g/mol. The summed E-state index contributed by atoms with van der Waals surface area (Å²) < 4.78 is 10.6. The lowest BCUT2D eigenvalue weighted by Gasteiger charge is -2.08. The highest BCUT2D eigenvalue weighted by molar-refractivity contribution is 5.58. The third kappa shape index (κ3) is 4.28. The zero-order valence-electron chi connectivity index (χ0n) is 9.72. The van der Waals surface area contributed by atoms with Crippen LogP contribution in [0, 0.1) is 10.1 Å². The van der Waals surface area contributed by atoms with Crippen LogP contribution in [0.2, 0.25) is 0 Å². The lowest BCUT2D eigenvalue weighted by atomic mass is 10.2. The average Bonchev–Trinajstić information content (AvgIpc) is 2.30. The van der Waals surface area contributed by atoms with Crippen molar-refractivity contribution in [2.24, 2.45) is 0 Å². The Kier molecular flexibility index (Phi) is 5.22. The monoisotopic (exact) mass is 240 g/mol. The van der Waals surface area contributed by atoms with Crippen molar-refractivity contribution in [2.75, 3.05) is 25.6 Å². The van der Waals surface area contributed by atoms with Crippen LogP contribution in [-0.4, -0.2) is 24.7 Å². The van der Waals surface area contributed by atoms with E-state index in [9.17, 15) is 10.1 Å². The summed E-state index contributed by atoms with van der Waals surface area (Å²) in [6.45, 7) is 3.57. The number of nitrogens with zero attached hydrogens (tertiary/aromatic N) is 1.